The first-order chi connectivity index (χ1) is 8.34. The van der Waals surface area contributed by atoms with Crippen LogP contribution in [0, 0.1) is 5.41 Å². The van der Waals surface area contributed by atoms with Crippen molar-refractivity contribution in [2.24, 2.45) is 16.9 Å². The molecule has 5 nitrogen and oxygen atoms in total. The van der Waals surface area contributed by atoms with Crippen molar-refractivity contribution >= 4 is 11.8 Å². The van der Waals surface area contributed by atoms with Crippen molar-refractivity contribution in [2.45, 2.75) is 19.9 Å². The summed E-state index contributed by atoms with van der Waals surface area (Å²) in [5.41, 5.74) is 11.0. The zero-order valence-corrected chi connectivity index (χ0v) is 10.6. The van der Waals surface area contributed by atoms with Crippen molar-refractivity contribution in [3.8, 4) is 0 Å². The van der Waals surface area contributed by atoms with Crippen LogP contribution < -0.4 is 16.8 Å². The highest BCUT2D eigenvalue weighted by atomic mass is 16.2. The average Bonchev–Trinajstić information content (AvgIpc) is 2.36. The van der Waals surface area contributed by atoms with Gasteiger partial charge in [0, 0.05) is 6.54 Å². The maximum Gasteiger partial charge on any atom is 0.241 e. The fraction of sp³-hybridized carbons (Fsp3) is 0.385. The molecule has 0 aromatic heterocycles. The Labute approximate surface area is 107 Å². The van der Waals surface area contributed by atoms with Gasteiger partial charge in [-0.3, -0.25) is 9.59 Å². The lowest BCUT2D eigenvalue weighted by molar-refractivity contribution is -0.127. The molecular weight excluding hydrogens is 230 g/mol. The van der Waals surface area contributed by atoms with Crippen LogP contribution in [0.3, 0.4) is 0 Å². The summed E-state index contributed by atoms with van der Waals surface area (Å²) in [5.74, 6) is -0.786. The van der Waals surface area contributed by atoms with Gasteiger partial charge in [0.25, 0.3) is 0 Å². The van der Waals surface area contributed by atoms with Gasteiger partial charge in [0.05, 0.1) is 5.41 Å². The van der Waals surface area contributed by atoms with Gasteiger partial charge >= 0.3 is 0 Å². The number of nitrogens with two attached hydrogens (primary N) is 2. The van der Waals surface area contributed by atoms with E-state index in [9.17, 15) is 9.59 Å². The zero-order chi connectivity index (χ0) is 13.8. The molecule has 5 N–H and O–H groups in total. The molecule has 18 heavy (non-hydrogen) atoms. The second kappa shape index (κ2) is 5.64. The summed E-state index contributed by atoms with van der Waals surface area (Å²) in [4.78, 5) is 22.9. The van der Waals surface area contributed by atoms with E-state index in [1.54, 1.807) is 26.0 Å². The second-order valence-electron chi connectivity index (χ2n) is 4.85. The minimum absolute atomic E-state index is 0.168. The van der Waals surface area contributed by atoms with Crippen molar-refractivity contribution in [3.63, 3.8) is 0 Å². The molecule has 0 heterocycles. The van der Waals surface area contributed by atoms with Gasteiger partial charge in [-0.1, -0.05) is 30.3 Å². The number of benzene rings is 1. The molecule has 0 saturated carbocycles. The van der Waals surface area contributed by atoms with Crippen LogP contribution in [0.2, 0.25) is 0 Å². The first-order valence-electron chi connectivity index (χ1n) is 5.73. The molecule has 0 saturated heterocycles. The molecule has 0 aliphatic rings. The van der Waals surface area contributed by atoms with Crippen molar-refractivity contribution in [3.05, 3.63) is 35.9 Å². The van der Waals surface area contributed by atoms with Crippen LogP contribution in [0.1, 0.15) is 25.5 Å². The highest BCUT2D eigenvalue weighted by Gasteiger charge is 2.26. The van der Waals surface area contributed by atoms with Gasteiger partial charge in [0.1, 0.15) is 6.04 Å². The molecular formula is C13H19N3O2. The van der Waals surface area contributed by atoms with E-state index in [0.717, 1.165) is 5.56 Å². The number of primary amides is 1. The molecule has 1 atom stereocenters. The van der Waals surface area contributed by atoms with Crippen LogP contribution in [0.25, 0.3) is 0 Å². The standard InChI is InChI=1S/C13H19N3O2/c1-13(2,12(15)18)8-16-11(17)10(14)9-6-4-3-5-7-9/h3-7,10H,8,14H2,1-2H3,(H2,15,18)(H,16,17)/t10-/m0/s1. The van der Waals surface area contributed by atoms with E-state index in [1.807, 2.05) is 18.2 Å². The fourth-order valence-corrected chi connectivity index (χ4v) is 1.32. The summed E-state index contributed by atoms with van der Waals surface area (Å²) < 4.78 is 0. The number of hydrogen-bond acceptors (Lipinski definition) is 3. The van der Waals surface area contributed by atoms with Crippen molar-refractivity contribution in [2.75, 3.05) is 6.54 Å². The average molecular weight is 249 g/mol. The minimum Gasteiger partial charge on any atom is -0.369 e. The fourth-order valence-electron chi connectivity index (χ4n) is 1.32. The van der Waals surface area contributed by atoms with Crippen molar-refractivity contribution < 1.29 is 9.59 Å². The molecule has 0 fully saturated rings. The Balaban J connectivity index is 2.59. The summed E-state index contributed by atoms with van der Waals surface area (Å²) in [6.45, 7) is 3.51. The van der Waals surface area contributed by atoms with Crippen LogP contribution in [-0.2, 0) is 9.59 Å². The summed E-state index contributed by atoms with van der Waals surface area (Å²) in [6.07, 6.45) is 0. The van der Waals surface area contributed by atoms with Crippen LogP contribution >= 0.6 is 0 Å². The Morgan fingerprint density at radius 2 is 1.83 bits per heavy atom. The molecule has 0 bridgehead atoms. The van der Waals surface area contributed by atoms with Crippen LogP contribution in [0.5, 0.6) is 0 Å². The Kier molecular flexibility index (Phi) is 4.44. The van der Waals surface area contributed by atoms with Gasteiger partial charge < -0.3 is 16.8 Å². The third-order valence-corrected chi connectivity index (χ3v) is 2.81. The third kappa shape index (κ3) is 3.56. The first kappa shape index (κ1) is 14.2. The number of amides is 2. The quantitative estimate of drug-likeness (QED) is 0.700. The summed E-state index contributed by atoms with van der Waals surface area (Å²) in [6, 6.07) is 8.30. The molecule has 5 heteroatoms. The zero-order valence-electron chi connectivity index (χ0n) is 10.6. The van der Waals surface area contributed by atoms with Gasteiger partial charge in [0.2, 0.25) is 11.8 Å². The Morgan fingerprint density at radius 3 is 2.33 bits per heavy atom. The number of carbonyl (C=O) groups is 2. The molecule has 0 aliphatic carbocycles. The Bertz CT molecular complexity index is 429. The van der Waals surface area contributed by atoms with Gasteiger partial charge in [-0.05, 0) is 19.4 Å². The van der Waals surface area contributed by atoms with Crippen LogP contribution in [0.4, 0.5) is 0 Å². The molecule has 0 spiro atoms. The third-order valence-electron chi connectivity index (χ3n) is 2.81. The topological polar surface area (TPSA) is 98.2 Å². The van der Waals surface area contributed by atoms with Crippen molar-refractivity contribution in [1.82, 2.24) is 5.32 Å². The van der Waals surface area contributed by atoms with Gasteiger partial charge in [0.15, 0.2) is 0 Å². The molecule has 0 unspecified atom stereocenters. The minimum atomic E-state index is -0.786. The van der Waals surface area contributed by atoms with Gasteiger partial charge in [-0.2, -0.15) is 0 Å². The number of carbonyl (C=O) groups excluding carboxylic acids is 2. The predicted octanol–water partition coefficient (Wildman–Crippen LogP) is 0.314. The van der Waals surface area contributed by atoms with Crippen LogP contribution in [0.15, 0.2) is 30.3 Å². The summed E-state index contributed by atoms with van der Waals surface area (Å²) in [7, 11) is 0. The highest BCUT2D eigenvalue weighted by Crippen LogP contribution is 2.14. The number of rotatable bonds is 5. The largest absolute Gasteiger partial charge is 0.369 e. The molecule has 1 rings (SSSR count). The van der Waals surface area contributed by atoms with Gasteiger partial charge in [-0.15, -0.1) is 0 Å². The predicted molar refractivity (Wildman–Crippen MR) is 69.4 cm³/mol. The lowest BCUT2D eigenvalue weighted by Gasteiger charge is -2.22. The molecule has 1 aromatic carbocycles. The summed E-state index contributed by atoms with van der Waals surface area (Å²) >= 11 is 0. The van der Waals surface area contributed by atoms with E-state index >= 15 is 0 Å². The molecule has 0 aliphatic heterocycles. The maximum absolute atomic E-state index is 11.8. The normalized spacial score (nSPS) is 12.8. The lowest BCUT2D eigenvalue weighted by atomic mass is 9.92. The molecule has 98 valence electrons. The van der Waals surface area contributed by atoms with E-state index in [-0.39, 0.29) is 12.5 Å². The Hall–Kier alpha value is -1.88. The molecule has 1 aromatic rings. The second-order valence-corrected chi connectivity index (χ2v) is 4.85. The number of nitrogens with one attached hydrogen (secondary N) is 1. The highest BCUT2D eigenvalue weighted by molar-refractivity contribution is 5.85. The monoisotopic (exact) mass is 249 g/mol. The smallest absolute Gasteiger partial charge is 0.241 e. The van der Waals surface area contributed by atoms with Gasteiger partial charge in [-0.25, -0.2) is 0 Å². The van der Waals surface area contributed by atoms with E-state index < -0.39 is 17.4 Å². The van der Waals surface area contributed by atoms with E-state index in [0.29, 0.717) is 0 Å². The first-order valence-corrected chi connectivity index (χ1v) is 5.73. The lowest BCUT2D eigenvalue weighted by Crippen LogP contribution is -2.44. The van der Waals surface area contributed by atoms with E-state index in [2.05, 4.69) is 5.32 Å². The Morgan fingerprint density at radius 1 is 1.28 bits per heavy atom. The van der Waals surface area contributed by atoms with E-state index in [1.165, 1.54) is 0 Å². The van der Waals surface area contributed by atoms with Crippen molar-refractivity contribution in [1.29, 1.82) is 0 Å². The molecule has 0 radical (unpaired) electrons. The van der Waals surface area contributed by atoms with Crippen LogP contribution in [-0.4, -0.2) is 18.4 Å². The SMILES string of the molecule is CC(C)(CNC(=O)[C@@H](N)c1ccccc1)C(N)=O. The van der Waals surface area contributed by atoms with E-state index in [4.69, 9.17) is 11.5 Å². The molecule has 2 amide bonds. The number of hydrogen-bond donors (Lipinski definition) is 3. The summed E-state index contributed by atoms with van der Waals surface area (Å²) in [5, 5.41) is 2.64. The maximum atomic E-state index is 11.8.